The fraction of sp³-hybridized carbons (Fsp3) is 0.909. The lowest BCUT2D eigenvalue weighted by molar-refractivity contribution is -0.134. The van der Waals surface area contributed by atoms with Gasteiger partial charge in [0.1, 0.15) is 0 Å². The Hall–Kier alpha value is -0.610. The van der Waals surface area contributed by atoms with Gasteiger partial charge in [-0.3, -0.25) is 9.63 Å². The zero-order valence-electron chi connectivity index (χ0n) is 9.29. The van der Waals surface area contributed by atoms with E-state index in [1.807, 2.05) is 6.92 Å². The number of hydrogen-bond acceptors (Lipinski definition) is 3. The van der Waals surface area contributed by atoms with Crippen LogP contribution in [0, 0.1) is 5.92 Å². The van der Waals surface area contributed by atoms with Crippen LogP contribution in [0.25, 0.3) is 0 Å². The van der Waals surface area contributed by atoms with Crippen LogP contribution in [-0.4, -0.2) is 24.6 Å². The molecular weight excluding hydrogens is 192 g/mol. The molecule has 15 heavy (non-hydrogen) atoms. The van der Waals surface area contributed by atoms with Crippen LogP contribution in [0.3, 0.4) is 0 Å². The minimum absolute atomic E-state index is 0.0307. The summed E-state index contributed by atoms with van der Waals surface area (Å²) in [4.78, 5) is 16.3. The Balaban J connectivity index is 1.73. The molecule has 2 fully saturated rings. The van der Waals surface area contributed by atoms with Crippen molar-refractivity contribution in [1.82, 2.24) is 10.8 Å². The van der Waals surface area contributed by atoms with Crippen molar-refractivity contribution >= 4 is 5.91 Å². The van der Waals surface area contributed by atoms with Crippen molar-refractivity contribution < 1.29 is 9.63 Å². The van der Waals surface area contributed by atoms with Crippen molar-refractivity contribution in [1.29, 1.82) is 0 Å². The third kappa shape index (κ3) is 2.92. The molecule has 0 aromatic carbocycles. The number of hydroxylamine groups is 1. The zero-order valence-corrected chi connectivity index (χ0v) is 9.29. The Bertz CT molecular complexity index is 221. The van der Waals surface area contributed by atoms with E-state index >= 15 is 0 Å². The van der Waals surface area contributed by atoms with Gasteiger partial charge in [0, 0.05) is 18.5 Å². The fourth-order valence-corrected chi connectivity index (χ4v) is 2.80. The average molecular weight is 212 g/mol. The number of hydrogen-bond donors (Lipinski definition) is 2. The molecule has 0 aromatic rings. The number of carbonyl (C=O) groups is 1. The van der Waals surface area contributed by atoms with Gasteiger partial charge in [0.2, 0.25) is 5.91 Å². The molecule has 0 radical (unpaired) electrons. The van der Waals surface area contributed by atoms with E-state index < -0.39 is 0 Å². The SMILES string of the molecule is CCONC(=O)CC1CC2CCC(C1)N2. The maximum atomic E-state index is 11.4. The molecule has 2 bridgehead atoms. The number of nitrogens with one attached hydrogen (secondary N) is 2. The molecule has 0 spiro atoms. The maximum Gasteiger partial charge on any atom is 0.243 e. The first-order valence-corrected chi connectivity index (χ1v) is 5.94. The number of rotatable bonds is 4. The van der Waals surface area contributed by atoms with Crippen LogP contribution < -0.4 is 10.8 Å². The Morgan fingerprint density at radius 1 is 1.40 bits per heavy atom. The van der Waals surface area contributed by atoms with Crippen molar-refractivity contribution in [3.8, 4) is 0 Å². The van der Waals surface area contributed by atoms with Gasteiger partial charge in [-0.25, -0.2) is 5.48 Å². The van der Waals surface area contributed by atoms with E-state index in [9.17, 15) is 4.79 Å². The number of amides is 1. The smallest absolute Gasteiger partial charge is 0.243 e. The summed E-state index contributed by atoms with van der Waals surface area (Å²) in [5, 5.41) is 3.57. The van der Waals surface area contributed by atoms with E-state index in [-0.39, 0.29) is 5.91 Å². The van der Waals surface area contributed by atoms with Gasteiger partial charge in [0.05, 0.1) is 6.61 Å². The van der Waals surface area contributed by atoms with Gasteiger partial charge < -0.3 is 5.32 Å². The maximum absolute atomic E-state index is 11.4. The van der Waals surface area contributed by atoms with Gasteiger partial charge in [-0.1, -0.05) is 0 Å². The molecule has 1 amide bonds. The van der Waals surface area contributed by atoms with Gasteiger partial charge in [-0.15, -0.1) is 0 Å². The summed E-state index contributed by atoms with van der Waals surface area (Å²) in [5.74, 6) is 0.576. The minimum atomic E-state index is 0.0307. The molecule has 2 saturated heterocycles. The highest BCUT2D eigenvalue weighted by atomic mass is 16.6. The summed E-state index contributed by atoms with van der Waals surface area (Å²) in [7, 11) is 0. The molecule has 2 atom stereocenters. The first-order chi connectivity index (χ1) is 7.28. The van der Waals surface area contributed by atoms with Gasteiger partial charge in [-0.2, -0.15) is 0 Å². The van der Waals surface area contributed by atoms with E-state index in [4.69, 9.17) is 4.84 Å². The van der Waals surface area contributed by atoms with E-state index in [0.29, 0.717) is 31.0 Å². The normalized spacial score (nSPS) is 34.1. The quantitative estimate of drug-likeness (QED) is 0.683. The molecule has 0 saturated carbocycles. The minimum Gasteiger partial charge on any atom is -0.311 e. The number of piperidine rings is 1. The van der Waals surface area contributed by atoms with Gasteiger partial charge in [-0.05, 0) is 38.5 Å². The van der Waals surface area contributed by atoms with Crippen LogP contribution in [0.2, 0.25) is 0 Å². The van der Waals surface area contributed by atoms with E-state index in [2.05, 4.69) is 10.8 Å². The molecular formula is C11H20N2O2. The van der Waals surface area contributed by atoms with Crippen LogP contribution in [-0.2, 0) is 9.63 Å². The van der Waals surface area contributed by atoms with Crippen molar-refractivity contribution in [2.45, 2.75) is 51.1 Å². The monoisotopic (exact) mass is 212 g/mol. The van der Waals surface area contributed by atoms with Crippen molar-refractivity contribution in [2.75, 3.05) is 6.61 Å². The summed E-state index contributed by atoms with van der Waals surface area (Å²) in [5.41, 5.74) is 2.47. The summed E-state index contributed by atoms with van der Waals surface area (Å²) >= 11 is 0. The van der Waals surface area contributed by atoms with Gasteiger partial charge in [0.25, 0.3) is 0 Å². The number of fused-ring (bicyclic) bond motifs is 2. The van der Waals surface area contributed by atoms with Gasteiger partial charge in [0.15, 0.2) is 0 Å². The standard InChI is InChI=1S/C11H20N2O2/c1-2-15-13-11(14)7-8-5-9-3-4-10(6-8)12-9/h8-10,12H,2-7H2,1H3,(H,13,14). The Morgan fingerprint density at radius 2 is 2.07 bits per heavy atom. The highest BCUT2D eigenvalue weighted by Crippen LogP contribution is 2.32. The lowest BCUT2D eigenvalue weighted by Gasteiger charge is -2.28. The summed E-state index contributed by atoms with van der Waals surface area (Å²) in [6.45, 7) is 2.40. The van der Waals surface area contributed by atoms with Crippen molar-refractivity contribution in [2.24, 2.45) is 5.92 Å². The second kappa shape index (κ2) is 4.94. The Labute approximate surface area is 90.7 Å². The largest absolute Gasteiger partial charge is 0.311 e. The molecule has 2 N–H and O–H groups in total. The van der Waals surface area contributed by atoms with Crippen LogP contribution >= 0.6 is 0 Å². The lowest BCUT2D eigenvalue weighted by atomic mass is 9.89. The average Bonchev–Trinajstić information content (AvgIpc) is 2.55. The lowest BCUT2D eigenvalue weighted by Crippen LogP contribution is -2.39. The first-order valence-electron chi connectivity index (χ1n) is 5.94. The van der Waals surface area contributed by atoms with Crippen molar-refractivity contribution in [3.63, 3.8) is 0 Å². The van der Waals surface area contributed by atoms with Crippen LogP contribution in [0.4, 0.5) is 0 Å². The van der Waals surface area contributed by atoms with Gasteiger partial charge >= 0.3 is 0 Å². The number of carbonyl (C=O) groups excluding carboxylic acids is 1. The second-order valence-electron chi connectivity index (χ2n) is 4.64. The van der Waals surface area contributed by atoms with E-state index in [1.54, 1.807) is 0 Å². The molecule has 2 unspecified atom stereocenters. The summed E-state index contributed by atoms with van der Waals surface area (Å²) in [6.07, 6.45) is 5.49. The van der Waals surface area contributed by atoms with E-state index in [0.717, 1.165) is 12.8 Å². The molecule has 86 valence electrons. The summed E-state index contributed by atoms with van der Waals surface area (Å²) < 4.78 is 0. The first kappa shape index (κ1) is 10.9. The van der Waals surface area contributed by atoms with Crippen LogP contribution in [0.5, 0.6) is 0 Å². The Kier molecular flexibility index (Phi) is 3.59. The summed E-state index contributed by atoms with van der Waals surface area (Å²) in [6, 6.07) is 1.32. The predicted molar refractivity (Wildman–Crippen MR) is 57.1 cm³/mol. The van der Waals surface area contributed by atoms with Crippen LogP contribution in [0.1, 0.15) is 39.0 Å². The molecule has 2 aliphatic heterocycles. The topological polar surface area (TPSA) is 50.4 Å². The zero-order chi connectivity index (χ0) is 10.7. The van der Waals surface area contributed by atoms with Crippen molar-refractivity contribution in [3.05, 3.63) is 0 Å². The molecule has 2 rings (SSSR count). The molecule has 4 heteroatoms. The molecule has 0 aliphatic carbocycles. The fourth-order valence-electron chi connectivity index (χ4n) is 2.80. The molecule has 2 heterocycles. The Morgan fingerprint density at radius 3 is 2.67 bits per heavy atom. The highest BCUT2D eigenvalue weighted by Gasteiger charge is 2.34. The van der Waals surface area contributed by atoms with Crippen LogP contribution in [0.15, 0.2) is 0 Å². The third-order valence-corrected chi connectivity index (χ3v) is 3.38. The predicted octanol–water partition coefficient (Wildman–Crippen LogP) is 0.975. The highest BCUT2D eigenvalue weighted by molar-refractivity contribution is 5.75. The third-order valence-electron chi connectivity index (χ3n) is 3.38. The second-order valence-corrected chi connectivity index (χ2v) is 4.64. The molecule has 4 nitrogen and oxygen atoms in total. The van der Waals surface area contributed by atoms with E-state index in [1.165, 1.54) is 12.8 Å². The molecule has 0 aromatic heterocycles. The molecule has 2 aliphatic rings.